The van der Waals surface area contributed by atoms with Crippen LogP contribution in [0.1, 0.15) is 172 Å². The van der Waals surface area contributed by atoms with Gasteiger partial charge in [0.25, 0.3) is 0 Å². The first-order valence-electron chi connectivity index (χ1n) is 24.8. The van der Waals surface area contributed by atoms with Crippen LogP contribution >= 0.6 is 17.2 Å². The van der Waals surface area contributed by atoms with E-state index in [9.17, 15) is 0 Å². The Morgan fingerprint density at radius 3 is 1.07 bits per heavy atom. The molecule has 61 heavy (non-hydrogen) atoms. The van der Waals surface area contributed by atoms with Gasteiger partial charge in [0.2, 0.25) is 5.78 Å². The second kappa shape index (κ2) is 19.1. The molecule has 0 aromatic heterocycles. The van der Waals surface area contributed by atoms with Crippen molar-refractivity contribution in [2.45, 2.75) is 176 Å². The third-order valence-corrected chi connectivity index (χ3v) is 19.3. The highest BCUT2D eigenvalue weighted by Crippen LogP contribution is 2.57. The van der Waals surface area contributed by atoms with Gasteiger partial charge in [0.15, 0.2) is 0 Å². The van der Waals surface area contributed by atoms with E-state index in [4.69, 9.17) is 27.1 Å². The van der Waals surface area contributed by atoms with Gasteiger partial charge in [0, 0.05) is 0 Å². The van der Waals surface area contributed by atoms with Crippen molar-refractivity contribution in [1.29, 1.82) is 0 Å². The van der Waals surface area contributed by atoms with Crippen molar-refractivity contribution in [2.75, 3.05) is 0 Å². The van der Waals surface area contributed by atoms with Gasteiger partial charge < -0.3 is 9.05 Å². The van der Waals surface area contributed by atoms with Gasteiger partial charge in [-0.1, -0.05) is 79.7 Å². The zero-order valence-corrected chi connectivity index (χ0v) is 40.3. The number of carbonyl (C=O) groups excluding carboxylic acids is 1. The molecule has 6 fully saturated rings. The number of carbonyl (C=O) groups is 1. The molecule has 2 aromatic carbocycles. The van der Waals surface area contributed by atoms with E-state index in [0.29, 0.717) is 100 Å². The molecule has 2 aromatic rings. The first-order chi connectivity index (χ1) is 29.4. The van der Waals surface area contributed by atoms with Crippen LogP contribution in [0.25, 0.3) is 0 Å². The molecule has 336 valence electrons. The summed E-state index contributed by atoms with van der Waals surface area (Å²) >= 11 is 0. The lowest BCUT2D eigenvalue weighted by atomic mass is 9.68. The van der Waals surface area contributed by atoms with Crippen molar-refractivity contribution in [3.8, 4) is 11.5 Å². The molecule has 0 amide bonds. The van der Waals surface area contributed by atoms with Crippen LogP contribution in [0, 0.1) is 71.0 Å². The summed E-state index contributed by atoms with van der Waals surface area (Å²) in [5, 5.41) is 0. The normalized spacial score (nSPS) is 37.9. The van der Waals surface area contributed by atoms with Crippen LogP contribution in [0.4, 0.5) is 0 Å². The molecule has 0 radical (unpaired) electrons. The van der Waals surface area contributed by atoms with Crippen molar-refractivity contribution in [2.24, 2.45) is 71.0 Å². The Labute approximate surface area is 370 Å². The van der Waals surface area contributed by atoms with E-state index in [1.807, 2.05) is 24.3 Å². The average Bonchev–Trinajstić information content (AvgIpc) is 3.20. The standard InChI is InChI=1S/C52H76O7P2/c1-30(2)40-19-15-34-23-35-16-20-41(31(3)4)47(26-35)57-60(56-46(40)25-34)54-44-13-9-11-38-29-39-12-10-14-45(51(39)52(53)50(38)44)55-61-58-48-27-36(17-21-42(48)32(5)6)24-37-18-22-43(33(7)8)49(28-37)59-61/h9-14,30-37,40-43,46-49H,15-29H2,1-8H3/t34-,35-,36-,37-,40-,41?,42-,43?,46+,47+,48+,49+,60?,61?/m0/s1. The number of hydrogen-bond donors (Lipinski definition) is 0. The smallest absolute Gasteiger partial charge is 0.397 e. The fourth-order valence-corrected chi connectivity index (χ4v) is 16.2. The number of rotatable bonds is 8. The second-order valence-electron chi connectivity index (χ2n) is 22.1. The predicted molar refractivity (Wildman–Crippen MR) is 246 cm³/mol. The SMILES string of the molecule is CC(C)C1CC[C@H]2C[C@@H]3CC[C@@H](C(C)C)[C@@H](C3)OP(Oc3cccc4c3C(=O)c3c(cccc3OP3O[C@@H]5C[C@@H](CCC5C(C)C)C[C@@H]5CC[C@@H](C(C)C)[C@@H](C5)O3)C4)O[C@@H]1C2. The van der Waals surface area contributed by atoms with Crippen LogP contribution in [-0.4, -0.2) is 30.2 Å². The fourth-order valence-electron chi connectivity index (χ4n) is 13.5. The van der Waals surface area contributed by atoms with Crippen molar-refractivity contribution < 1.29 is 31.9 Å². The van der Waals surface area contributed by atoms with E-state index in [0.717, 1.165) is 36.8 Å². The van der Waals surface area contributed by atoms with Crippen molar-refractivity contribution in [1.82, 2.24) is 0 Å². The van der Waals surface area contributed by atoms with E-state index in [1.54, 1.807) is 0 Å². The first-order valence-corrected chi connectivity index (χ1v) is 27.0. The zero-order chi connectivity index (χ0) is 42.5. The molecule has 4 unspecified atom stereocenters. The van der Waals surface area contributed by atoms with Crippen LogP contribution in [0.2, 0.25) is 0 Å². The molecule has 2 aliphatic heterocycles. The Morgan fingerprint density at radius 1 is 0.459 bits per heavy atom. The summed E-state index contributed by atoms with van der Waals surface area (Å²) in [4.78, 5) is 15.2. The second-order valence-corrected chi connectivity index (χ2v) is 24.2. The molecule has 9 rings (SSSR count). The van der Waals surface area contributed by atoms with Crippen molar-refractivity contribution in [3.63, 3.8) is 0 Å². The van der Waals surface area contributed by atoms with E-state index in [2.05, 4.69) is 67.5 Å². The van der Waals surface area contributed by atoms with E-state index in [1.165, 1.54) is 64.2 Å². The number of hydrogen-bond acceptors (Lipinski definition) is 7. The molecule has 4 saturated carbocycles. The molecule has 0 N–H and O–H groups in total. The van der Waals surface area contributed by atoms with Crippen molar-refractivity contribution >= 4 is 23.0 Å². The highest BCUT2D eigenvalue weighted by molar-refractivity contribution is 7.42. The molecule has 2 heterocycles. The minimum absolute atomic E-state index is 0.0688. The number of benzene rings is 2. The maximum absolute atomic E-state index is 15.2. The largest absolute Gasteiger partial charge is 0.426 e. The Hall–Kier alpha value is -1.59. The minimum Gasteiger partial charge on any atom is -0.426 e. The maximum Gasteiger partial charge on any atom is 0.397 e. The molecule has 0 spiro atoms. The van der Waals surface area contributed by atoms with Crippen LogP contribution in [0.3, 0.4) is 0 Å². The summed E-state index contributed by atoms with van der Waals surface area (Å²) in [5.41, 5.74) is 3.15. The molecule has 9 heteroatoms. The lowest BCUT2D eigenvalue weighted by Gasteiger charge is -2.45. The first kappa shape index (κ1) is 44.6. The summed E-state index contributed by atoms with van der Waals surface area (Å²) in [6.07, 6.45) is 17.7. The minimum atomic E-state index is -1.77. The lowest BCUT2D eigenvalue weighted by molar-refractivity contribution is -0.0277. The van der Waals surface area contributed by atoms with Crippen LogP contribution in [0.15, 0.2) is 36.4 Å². The van der Waals surface area contributed by atoms with Crippen molar-refractivity contribution in [3.05, 3.63) is 58.7 Å². The predicted octanol–water partition coefficient (Wildman–Crippen LogP) is 14.7. The van der Waals surface area contributed by atoms with E-state index >= 15 is 4.79 Å². The molecular formula is C52H76O7P2. The molecule has 2 saturated heterocycles. The summed E-state index contributed by atoms with van der Waals surface area (Å²) in [7, 11) is -3.54. The summed E-state index contributed by atoms with van der Waals surface area (Å²) < 4.78 is 42.6. The third-order valence-electron chi connectivity index (χ3n) is 16.9. The average molecular weight is 875 g/mol. The van der Waals surface area contributed by atoms with Gasteiger partial charge in [0.05, 0.1) is 35.5 Å². The van der Waals surface area contributed by atoms with Gasteiger partial charge >= 0.3 is 17.2 Å². The topological polar surface area (TPSA) is 72.5 Å². The summed E-state index contributed by atoms with van der Waals surface area (Å²) in [6.45, 7) is 18.7. The van der Waals surface area contributed by atoms with Gasteiger partial charge in [-0.15, -0.1) is 0 Å². The maximum atomic E-state index is 15.2. The Morgan fingerprint density at radius 2 is 0.770 bits per heavy atom. The highest BCUT2D eigenvalue weighted by Gasteiger charge is 2.46. The lowest BCUT2D eigenvalue weighted by Crippen LogP contribution is -2.40. The van der Waals surface area contributed by atoms with Crippen LogP contribution in [0.5, 0.6) is 11.5 Å². The van der Waals surface area contributed by atoms with Gasteiger partial charge in [-0.3, -0.25) is 22.9 Å². The van der Waals surface area contributed by atoms with Crippen LogP contribution in [-0.2, 0) is 24.5 Å². The molecular weight excluding hydrogens is 799 g/mol. The number of ketones is 1. The van der Waals surface area contributed by atoms with Gasteiger partial charge in [0.1, 0.15) is 11.5 Å². The Balaban J connectivity index is 1.02. The van der Waals surface area contributed by atoms with Gasteiger partial charge in [-0.05, 0) is 191 Å². The monoisotopic (exact) mass is 875 g/mol. The van der Waals surface area contributed by atoms with Gasteiger partial charge in [-0.25, -0.2) is 0 Å². The molecule has 14 atom stereocenters. The summed E-state index contributed by atoms with van der Waals surface area (Å²) in [5.74, 6) is 7.71. The third kappa shape index (κ3) is 9.70. The quantitative estimate of drug-likeness (QED) is 0.209. The summed E-state index contributed by atoms with van der Waals surface area (Å²) in [6, 6.07) is 12.1. The zero-order valence-electron chi connectivity index (χ0n) is 38.6. The molecule has 5 aliphatic carbocycles. The number of fused-ring (bicyclic) bond motifs is 10. The Kier molecular flexibility index (Phi) is 14.0. The van der Waals surface area contributed by atoms with Crippen LogP contribution < -0.4 is 9.05 Å². The molecule has 8 bridgehead atoms. The highest BCUT2D eigenvalue weighted by atomic mass is 31.2. The Bertz CT molecular complexity index is 1630. The van der Waals surface area contributed by atoms with Gasteiger partial charge in [-0.2, -0.15) is 0 Å². The molecule has 7 nitrogen and oxygen atoms in total. The van der Waals surface area contributed by atoms with E-state index in [-0.39, 0.29) is 30.2 Å². The fraction of sp³-hybridized carbons (Fsp3) is 0.750. The molecule has 7 aliphatic rings. The van der Waals surface area contributed by atoms with E-state index < -0.39 is 17.2 Å².